The summed E-state index contributed by atoms with van der Waals surface area (Å²) in [5.41, 5.74) is -0.419. The van der Waals surface area contributed by atoms with Crippen molar-refractivity contribution in [1.82, 2.24) is 0 Å². The first-order valence-corrected chi connectivity index (χ1v) is 4.51. The standard InChI is InChI=1S/C10H9NO5/c1-2-16-10(13)7-3-4-8(6-12)9(5-7)11(14)15/h3-6H,2H2,1H3. The molecule has 1 rings (SSSR count). The van der Waals surface area contributed by atoms with Crippen LogP contribution in [0.25, 0.3) is 0 Å². The molecular formula is C10H9NO5. The fraction of sp³-hybridized carbons (Fsp3) is 0.200. The Morgan fingerprint density at radius 1 is 1.56 bits per heavy atom. The maximum Gasteiger partial charge on any atom is 0.338 e. The second-order valence-electron chi connectivity index (χ2n) is 2.87. The normalized spacial score (nSPS) is 9.56. The molecule has 0 radical (unpaired) electrons. The van der Waals surface area contributed by atoms with Gasteiger partial charge in [0, 0.05) is 6.07 Å². The van der Waals surface area contributed by atoms with E-state index in [1.807, 2.05) is 0 Å². The van der Waals surface area contributed by atoms with Crippen molar-refractivity contribution in [2.75, 3.05) is 6.61 Å². The molecule has 0 aliphatic carbocycles. The van der Waals surface area contributed by atoms with Crippen molar-refractivity contribution in [2.24, 2.45) is 0 Å². The van der Waals surface area contributed by atoms with Crippen LogP contribution in [-0.2, 0) is 4.74 Å². The lowest BCUT2D eigenvalue weighted by Crippen LogP contribution is -2.06. The molecule has 0 N–H and O–H groups in total. The Balaban J connectivity index is 3.16. The molecule has 0 saturated carbocycles. The van der Waals surface area contributed by atoms with Crippen LogP contribution in [-0.4, -0.2) is 23.8 Å². The number of ether oxygens (including phenoxy) is 1. The lowest BCUT2D eigenvalue weighted by atomic mass is 10.1. The Labute approximate surface area is 91.0 Å². The molecule has 0 aliphatic heterocycles. The van der Waals surface area contributed by atoms with Crippen LogP contribution in [0.3, 0.4) is 0 Å². The maximum atomic E-state index is 11.3. The van der Waals surface area contributed by atoms with Crippen LogP contribution < -0.4 is 0 Å². The number of esters is 1. The summed E-state index contributed by atoms with van der Waals surface area (Å²) in [6.07, 6.45) is 0.368. The highest BCUT2D eigenvalue weighted by molar-refractivity contribution is 5.92. The van der Waals surface area contributed by atoms with Crippen molar-refractivity contribution >= 4 is 17.9 Å². The average Bonchev–Trinajstić information content (AvgIpc) is 2.28. The van der Waals surface area contributed by atoms with E-state index in [-0.39, 0.29) is 17.7 Å². The molecule has 0 spiro atoms. The summed E-state index contributed by atoms with van der Waals surface area (Å²) < 4.78 is 4.69. The summed E-state index contributed by atoms with van der Waals surface area (Å²) in [6.45, 7) is 1.81. The van der Waals surface area contributed by atoms with Gasteiger partial charge in [-0.05, 0) is 19.1 Å². The molecule has 1 aromatic carbocycles. The topological polar surface area (TPSA) is 86.5 Å². The molecule has 84 valence electrons. The summed E-state index contributed by atoms with van der Waals surface area (Å²) in [4.78, 5) is 31.7. The molecule has 0 saturated heterocycles. The summed E-state index contributed by atoms with van der Waals surface area (Å²) in [6, 6.07) is 3.56. The second-order valence-corrected chi connectivity index (χ2v) is 2.87. The number of nitrogens with zero attached hydrogens (tertiary/aromatic N) is 1. The summed E-state index contributed by atoms with van der Waals surface area (Å²) in [7, 11) is 0. The minimum atomic E-state index is -0.716. The van der Waals surface area contributed by atoms with Crippen LogP contribution in [0.2, 0.25) is 0 Å². The van der Waals surface area contributed by atoms with Crippen molar-refractivity contribution < 1.29 is 19.2 Å². The van der Waals surface area contributed by atoms with E-state index in [1.54, 1.807) is 6.92 Å². The summed E-state index contributed by atoms with van der Waals surface area (Å²) in [5.74, 6) is -0.650. The predicted octanol–water partition coefficient (Wildman–Crippen LogP) is 1.58. The number of hydrogen-bond donors (Lipinski definition) is 0. The highest BCUT2D eigenvalue weighted by atomic mass is 16.6. The molecule has 0 amide bonds. The third kappa shape index (κ3) is 2.41. The van der Waals surface area contributed by atoms with Crippen molar-refractivity contribution in [2.45, 2.75) is 6.92 Å². The second kappa shape index (κ2) is 5.01. The van der Waals surface area contributed by atoms with Crippen LogP contribution in [0, 0.1) is 10.1 Å². The quantitative estimate of drug-likeness (QED) is 0.334. The zero-order valence-corrected chi connectivity index (χ0v) is 8.50. The Hall–Kier alpha value is -2.24. The molecule has 0 aromatic heterocycles. The molecule has 0 aliphatic rings. The molecule has 6 nitrogen and oxygen atoms in total. The predicted molar refractivity (Wildman–Crippen MR) is 54.4 cm³/mol. The molecule has 0 fully saturated rings. The smallest absolute Gasteiger partial charge is 0.338 e. The minimum absolute atomic E-state index is 0.0548. The zero-order valence-electron chi connectivity index (χ0n) is 8.50. The SMILES string of the molecule is CCOC(=O)c1ccc(C=O)c([N+](=O)[O-])c1. The van der Waals surface area contributed by atoms with Crippen LogP contribution in [0.15, 0.2) is 18.2 Å². The number of benzene rings is 1. The van der Waals surface area contributed by atoms with Gasteiger partial charge < -0.3 is 4.74 Å². The van der Waals surface area contributed by atoms with E-state index < -0.39 is 16.6 Å². The largest absolute Gasteiger partial charge is 0.462 e. The minimum Gasteiger partial charge on any atom is -0.462 e. The van der Waals surface area contributed by atoms with E-state index in [9.17, 15) is 19.7 Å². The van der Waals surface area contributed by atoms with Crippen molar-refractivity contribution in [1.29, 1.82) is 0 Å². The third-order valence-electron chi connectivity index (χ3n) is 1.87. The highest BCUT2D eigenvalue weighted by Crippen LogP contribution is 2.19. The molecule has 6 heteroatoms. The van der Waals surface area contributed by atoms with Gasteiger partial charge in [-0.25, -0.2) is 4.79 Å². The number of carbonyl (C=O) groups is 2. The van der Waals surface area contributed by atoms with Gasteiger partial charge in [0.05, 0.1) is 22.7 Å². The lowest BCUT2D eigenvalue weighted by molar-refractivity contribution is -0.385. The molecule has 0 unspecified atom stereocenters. The van der Waals surface area contributed by atoms with Crippen molar-refractivity contribution in [3.05, 3.63) is 39.4 Å². The van der Waals surface area contributed by atoms with Crippen molar-refractivity contribution in [3.8, 4) is 0 Å². The molecular weight excluding hydrogens is 214 g/mol. The van der Waals surface area contributed by atoms with Gasteiger partial charge in [0.2, 0.25) is 0 Å². The van der Waals surface area contributed by atoms with Gasteiger partial charge in [-0.3, -0.25) is 14.9 Å². The van der Waals surface area contributed by atoms with E-state index in [0.29, 0.717) is 6.29 Å². The first-order chi connectivity index (χ1) is 7.60. The average molecular weight is 223 g/mol. The fourth-order valence-corrected chi connectivity index (χ4v) is 1.14. The first kappa shape index (κ1) is 11.8. The van der Waals surface area contributed by atoms with Crippen molar-refractivity contribution in [3.63, 3.8) is 0 Å². The van der Waals surface area contributed by atoms with Gasteiger partial charge in [0.25, 0.3) is 5.69 Å². The van der Waals surface area contributed by atoms with Gasteiger partial charge >= 0.3 is 5.97 Å². The van der Waals surface area contributed by atoms with E-state index in [2.05, 4.69) is 4.74 Å². The molecule has 1 aromatic rings. The fourth-order valence-electron chi connectivity index (χ4n) is 1.14. The van der Waals surface area contributed by atoms with Gasteiger partial charge in [-0.15, -0.1) is 0 Å². The number of nitro benzene ring substituents is 1. The molecule has 0 heterocycles. The number of carbonyl (C=O) groups excluding carboxylic acids is 2. The van der Waals surface area contributed by atoms with Crippen LogP contribution in [0.4, 0.5) is 5.69 Å². The Bertz CT molecular complexity index is 441. The summed E-state index contributed by atoms with van der Waals surface area (Å²) in [5, 5.41) is 10.6. The van der Waals surface area contributed by atoms with Gasteiger partial charge in [-0.2, -0.15) is 0 Å². The number of aldehydes is 1. The van der Waals surface area contributed by atoms with E-state index >= 15 is 0 Å². The van der Waals surface area contributed by atoms with Crippen LogP contribution in [0.5, 0.6) is 0 Å². The van der Waals surface area contributed by atoms with E-state index in [4.69, 9.17) is 0 Å². The van der Waals surface area contributed by atoms with E-state index in [0.717, 1.165) is 6.07 Å². The summed E-state index contributed by atoms with van der Waals surface area (Å²) >= 11 is 0. The Morgan fingerprint density at radius 2 is 2.25 bits per heavy atom. The highest BCUT2D eigenvalue weighted by Gasteiger charge is 2.17. The number of nitro groups is 1. The number of hydrogen-bond acceptors (Lipinski definition) is 5. The Morgan fingerprint density at radius 3 is 2.75 bits per heavy atom. The first-order valence-electron chi connectivity index (χ1n) is 4.51. The maximum absolute atomic E-state index is 11.3. The Kier molecular flexibility index (Phi) is 3.71. The lowest BCUT2D eigenvalue weighted by Gasteiger charge is -2.02. The van der Waals surface area contributed by atoms with Crippen LogP contribution in [0.1, 0.15) is 27.6 Å². The molecule has 0 bridgehead atoms. The molecule has 16 heavy (non-hydrogen) atoms. The van der Waals surface area contributed by atoms with Crippen LogP contribution >= 0.6 is 0 Å². The third-order valence-corrected chi connectivity index (χ3v) is 1.87. The molecule has 0 atom stereocenters. The van der Waals surface area contributed by atoms with Gasteiger partial charge in [-0.1, -0.05) is 0 Å². The van der Waals surface area contributed by atoms with E-state index in [1.165, 1.54) is 12.1 Å². The number of rotatable bonds is 4. The zero-order chi connectivity index (χ0) is 12.1. The monoisotopic (exact) mass is 223 g/mol. The van der Waals surface area contributed by atoms with Gasteiger partial charge in [0.1, 0.15) is 0 Å². The van der Waals surface area contributed by atoms with Gasteiger partial charge in [0.15, 0.2) is 6.29 Å².